The number of alkyl halides is 1. The Labute approximate surface area is 245 Å². The molecular formula is C34H35ClO6. The summed E-state index contributed by atoms with van der Waals surface area (Å²) < 4.78 is 11.9. The molecule has 0 bridgehead atoms. The van der Waals surface area contributed by atoms with Gasteiger partial charge in [0.15, 0.2) is 5.60 Å². The molecule has 0 saturated carbocycles. The maximum atomic E-state index is 12.8. The second-order valence-corrected chi connectivity index (χ2v) is 11.3. The molecule has 0 radical (unpaired) electrons. The minimum absolute atomic E-state index is 0.111. The molecule has 0 aromatic heterocycles. The quantitative estimate of drug-likeness (QED) is 0.209. The Balaban J connectivity index is 1.61. The van der Waals surface area contributed by atoms with E-state index in [1.165, 1.54) is 0 Å². The van der Waals surface area contributed by atoms with Crippen molar-refractivity contribution in [1.29, 1.82) is 0 Å². The molecule has 0 spiro atoms. The van der Waals surface area contributed by atoms with Gasteiger partial charge in [-0.25, -0.2) is 0 Å². The molecule has 1 unspecified atom stereocenters. The molecule has 1 aliphatic heterocycles. The average Bonchev–Trinajstić information content (AvgIpc) is 2.98. The van der Waals surface area contributed by atoms with Crippen molar-refractivity contribution >= 4 is 11.6 Å². The minimum Gasteiger partial charge on any atom is -0.384 e. The van der Waals surface area contributed by atoms with Crippen molar-refractivity contribution in [3.05, 3.63) is 144 Å². The summed E-state index contributed by atoms with van der Waals surface area (Å²) >= 11 is 6.66. The minimum atomic E-state index is -2.78. The standard InChI is InChI=1S/C34H35ClO6/c35-34(39)33(38,23-28-17-9-3-10-18-28)32(37,22-27-15-7-2-8-16-27)31(36,21-26-13-5-1-6-14-26)30(41-34)25-40-24-29-19-11-4-12-20-29/h1-20,30,36-39H,21-25H2/t30-,31-,32+,33-,34?/m1/s1. The van der Waals surface area contributed by atoms with Crippen molar-refractivity contribution in [2.45, 2.75) is 54.0 Å². The SMILES string of the molecule is OC1(Cl)O[C@H](COCc2ccccc2)[C@](O)(Cc2ccccc2)[C@@](O)(Cc2ccccc2)[C@]1(O)Cc1ccccc1. The monoisotopic (exact) mass is 574 g/mol. The van der Waals surface area contributed by atoms with Crippen LogP contribution in [-0.4, -0.2) is 55.2 Å². The van der Waals surface area contributed by atoms with Gasteiger partial charge in [-0.15, -0.1) is 0 Å². The third-order valence-corrected chi connectivity index (χ3v) is 8.45. The van der Waals surface area contributed by atoms with Gasteiger partial charge in [0.2, 0.25) is 0 Å². The molecule has 1 fully saturated rings. The van der Waals surface area contributed by atoms with Crippen LogP contribution in [0.1, 0.15) is 22.3 Å². The highest BCUT2D eigenvalue weighted by Crippen LogP contribution is 2.54. The summed E-state index contributed by atoms with van der Waals surface area (Å²) in [7, 11) is 0. The van der Waals surface area contributed by atoms with E-state index in [-0.39, 0.29) is 32.5 Å². The van der Waals surface area contributed by atoms with E-state index < -0.39 is 28.2 Å². The van der Waals surface area contributed by atoms with Gasteiger partial charge in [0.1, 0.15) is 17.3 Å². The fraction of sp³-hybridized carbons (Fsp3) is 0.294. The van der Waals surface area contributed by atoms with E-state index in [0.717, 1.165) is 5.56 Å². The van der Waals surface area contributed by atoms with Crippen molar-refractivity contribution < 1.29 is 29.9 Å². The zero-order chi connectivity index (χ0) is 29.0. The van der Waals surface area contributed by atoms with Crippen molar-refractivity contribution in [3.8, 4) is 0 Å². The van der Waals surface area contributed by atoms with Gasteiger partial charge >= 0.3 is 0 Å². The maximum Gasteiger partial charge on any atom is 0.279 e. The highest BCUT2D eigenvalue weighted by atomic mass is 35.5. The largest absolute Gasteiger partial charge is 0.384 e. The Bertz CT molecular complexity index is 1390. The van der Waals surface area contributed by atoms with Gasteiger partial charge < -0.3 is 29.9 Å². The number of rotatable bonds is 10. The lowest BCUT2D eigenvalue weighted by atomic mass is 9.59. The highest BCUT2D eigenvalue weighted by molar-refractivity contribution is 6.22. The molecule has 1 saturated heterocycles. The Morgan fingerprint density at radius 2 is 0.951 bits per heavy atom. The summed E-state index contributed by atoms with van der Waals surface area (Å²) in [6.07, 6.45) is -1.96. The zero-order valence-electron chi connectivity index (χ0n) is 22.6. The first-order valence-electron chi connectivity index (χ1n) is 13.7. The van der Waals surface area contributed by atoms with E-state index in [2.05, 4.69) is 0 Å². The topological polar surface area (TPSA) is 99.4 Å². The maximum absolute atomic E-state index is 12.8. The van der Waals surface area contributed by atoms with E-state index >= 15 is 0 Å². The first kappa shape index (κ1) is 29.4. The second-order valence-electron chi connectivity index (χ2n) is 10.8. The van der Waals surface area contributed by atoms with Crippen molar-refractivity contribution in [1.82, 2.24) is 0 Å². The summed E-state index contributed by atoms with van der Waals surface area (Å²) in [5.41, 5.74) is -4.32. The van der Waals surface area contributed by atoms with Crippen molar-refractivity contribution in [2.75, 3.05) is 6.61 Å². The van der Waals surface area contributed by atoms with E-state index in [1.54, 1.807) is 48.5 Å². The number of aliphatic hydroxyl groups is 4. The van der Waals surface area contributed by atoms with Crippen LogP contribution in [0.15, 0.2) is 121 Å². The van der Waals surface area contributed by atoms with Crippen LogP contribution in [0.3, 0.4) is 0 Å². The van der Waals surface area contributed by atoms with Gasteiger partial charge in [0.25, 0.3) is 5.25 Å². The summed E-state index contributed by atoms with van der Waals surface area (Å²) in [6.45, 7) is -0.0139. The van der Waals surface area contributed by atoms with Crippen LogP contribution < -0.4 is 0 Å². The third-order valence-electron chi connectivity index (χ3n) is 8.04. The molecule has 4 aromatic rings. The van der Waals surface area contributed by atoms with Crippen LogP contribution in [0, 0.1) is 0 Å². The fourth-order valence-corrected chi connectivity index (χ4v) is 6.13. The lowest BCUT2D eigenvalue weighted by molar-refractivity contribution is -0.413. The molecule has 0 aliphatic carbocycles. The number of benzene rings is 4. The molecule has 5 rings (SSSR count). The second kappa shape index (κ2) is 12.0. The predicted molar refractivity (Wildman–Crippen MR) is 157 cm³/mol. The highest BCUT2D eigenvalue weighted by Gasteiger charge is 2.76. The van der Waals surface area contributed by atoms with Gasteiger partial charge in [0, 0.05) is 19.3 Å². The molecule has 5 atom stereocenters. The smallest absolute Gasteiger partial charge is 0.279 e. The van der Waals surface area contributed by atoms with Gasteiger partial charge in [-0.2, -0.15) is 0 Å². The molecule has 0 amide bonds. The molecule has 1 aliphatic rings. The van der Waals surface area contributed by atoms with Crippen LogP contribution in [0.4, 0.5) is 0 Å². The Hall–Kier alpha value is -3.07. The molecule has 4 aromatic carbocycles. The molecule has 41 heavy (non-hydrogen) atoms. The third kappa shape index (κ3) is 5.83. The van der Waals surface area contributed by atoms with Crippen molar-refractivity contribution in [2.24, 2.45) is 0 Å². The summed E-state index contributed by atoms with van der Waals surface area (Å²) in [6, 6.07) is 36.5. The number of halogens is 1. The van der Waals surface area contributed by atoms with Crippen LogP contribution in [0.25, 0.3) is 0 Å². The first-order chi connectivity index (χ1) is 19.7. The van der Waals surface area contributed by atoms with Gasteiger partial charge in [-0.05, 0) is 22.3 Å². The Kier molecular flexibility index (Phi) is 8.64. The van der Waals surface area contributed by atoms with E-state index in [0.29, 0.717) is 16.7 Å². The Morgan fingerprint density at radius 1 is 0.561 bits per heavy atom. The number of ether oxygens (including phenoxy) is 2. The lowest BCUT2D eigenvalue weighted by Gasteiger charge is -2.62. The summed E-state index contributed by atoms with van der Waals surface area (Å²) in [5, 5.41) is 46.8. The number of hydrogen-bond acceptors (Lipinski definition) is 6. The van der Waals surface area contributed by atoms with Crippen LogP contribution in [-0.2, 0) is 35.3 Å². The van der Waals surface area contributed by atoms with E-state index in [4.69, 9.17) is 21.1 Å². The number of hydrogen-bond donors (Lipinski definition) is 4. The lowest BCUT2D eigenvalue weighted by Crippen LogP contribution is -2.84. The fourth-order valence-electron chi connectivity index (χ4n) is 5.80. The molecule has 6 nitrogen and oxygen atoms in total. The van der Waals surface area contributed by atoms with Crippen LogP contribution in [0.5, 0.6) is 0 Å². The van der Waals surface area contributed by atoms with Crippen LogP contribution in [0.2, 0.25) is 0 Å². The van der Waals surface area contributed by atoms with Crippen molar-refractivity contribution in [3.63, 3.8) is 0 Å². The average molecular weight is 575 g/mol. The van der Waals surface area contributed by atoms with Gasteiger partial charge in [0.05, 0.1) is 13.2 Å². The molecule has 7 heteroatoms. The molecule has 4 N–H and O–H groups in total. The summed E-state index contributed by atoms with van der Waals surface area (Å²) in [5.74, 6) is 0. The zero-order valence-corrected chi connectivity index (χ0v) is 23.4. The van der Waals surface area contributed by atoms with Crippen LogP contribution >= 0.6 is 11.6 Å². The summed E-state index contributed by atoms with van der Waals surface area (Å²) in [4.78, 5) is 0. The molecular weight excluding hydrogens is 540 g/mol. The predicted octanol–water partition coefficient (Wildman–Crippen LogP) is 4.41. The van der Waals surface area contributed by atoms with Gasteiger partial charge in [-0.1, -0.05) is 133 Å². The van der Waals surface area contributed by atoms with E-state index in [1.807, 2.05) is 72.8 Å². The normalized spacial score (nSPS) is 29.7. The molecule has 1 heterocycles. The Morgan fingerprint density at radius 3 is 1.41 bits per heavy atom. The molecule has 214 valence electrons. The van der Waals surface area contributed by atoms with E-state index in [9.17, 15) is 20.4 Å². The first-order valence-corrected chi connectivity index (χ1v) is 14.0. The van der Waals surface area contributed by atoms with Gasteiger partial charge in [-0.3, -0.25) is 0 Å².